The Hall–Kier alpha value is -1.38. The molecule has 7 nitrogen and oxygen atoms in total. The van der Waals surface area contributed by atoms with E-state index >= 15 is 0 Å². The molecule has 1 unspecified atom stereocenters. The van der Waals surface area contributed by atoms with Gasteiger partial charge in [0.25, 0.3) is 6.47 Å². The van der Waals surface area contributed by atoms with Crippen molar-refractivity contribution < 1.29 is 18.8 Å². The number of nitrogens with one attached hydrogen (secondary N) is 1. The molecule has 2 fully saturated rings. The molecule has 0 amide bonds. The van der Waals surface area contributed by atoms with E-state index in [0.717, 1.165) is 25.0 Å². The first-order chi connectivity index (χ1) is 12.0. The van der Waals surface area contributed by atoms with Crippen LogP contribution in [-0.4, -0.2) is 53.3 Å². The topological polar surface area (TPSA) is 74.6 Å². The summed E-state index contributed by atoms with van der Waals surface area (Å²) in [5.41, 5.74) is 0.0935. The average molecular weight is 365 g/mol. The molecule has 3 heterocycles. The van der Waals surface area contributed by atoms with Crippen LogP contribution in [0.3, 0.4) is 0 Å². The summed E-state index contributed by atoms with van der Waals surface area (Å²) >= 11 is 0. The number of carbonyl (C=O) groups is 1. The highest BCUT2D eigenvalue weighted by atomic mass is 16.7. The molecule has 8 heteroatoms. The molecular weight excluding hydrogens is 333 g/mol. The van der Waals surface area contributed by atoms with Gasteiger partial charge in [0.05, 0.1) is 17.2 Å². The van der Waals surface area contributed by atoms with E-state index in [1.807, 2.05) is 31.6 Å². The Morgan fingerprint density at radius 2 is 1.92 bits per heavy atom. The highest BCUT2D eigenvalue weighted by Gasteiger charge is 2.52. The van der Waals surface area contributed by atoms with Gasteiger partial charge >= 0.3 is 7.12 Å². The van der Waals surface area contributed by atoms with E-state index < -0.39 is 0 Å². The summed E-state index contributed by atoms with van der Waals surface area (Å²) < 4.78 is 18.6. The van der Waals surface area contributed by atoms with Crippen LogP contribution in [0.15, 0.2) is 12.4 Å². The Labute approximate surface area is 156 Å². The fourth-order valence-corrected chi connectivity index (χ4v) is 2.66. The summed E-state index contributed by atoms with van der Waals surface area (Å²) in [7, 11) is -0.312. The molecule has 2 aliphatic heterocycles. The molecule has 0 spiro atoms. The molecule has 0 radical (unpaired) electrons. The van der Waals surface area contributed by atoms with Gasteiger partial charge < -0.3 is 19.4 Å². The molecule has 2 saturated heterocycles. The number of aromatic nitrogens is 2. The Morgan fingerprint density at radius 3 is 2.35 bits per heavy atom. The number of hydrogen-bond acceptors (Lipinski definition) is 6. The van der Waals surface area contributed by atoms with Gasteiger partial charge in [-0.1, -0.05) is 0 Å². The zero-order chi connectivity index (χ0) is 19.6. The van der Waals surface area contributed by atoms with Gasteiger partial charge in [-0.05, 0) is 61.4 Å². The second kappa shape index (κ2) is 7.70. The minimum absolute atomic E-state index is 0.297. The third-order valence-corrected chi connectivity index (χ3v) is 4.96. The van der Waals surface area contributed by atoms with Crippen molar-refractivity contribution in [1.82, 2.24) is 15.1 Å². The Kier molecular flexibility index (Phi) is 6.20. The van der Waals surface area contributed by atoms with Crippen molar-refractivity contribution >= 4 is 19.1 Å². The maximum atomic E-state index is 9.60. The normalized spacial score (nSPS) is 24.1. The fraction of sp³-hybridized carbons (Fsp3) is 0.778. The maximum absolute atomic E-state index is 9.60. The van der Waals surface area contributed by atoms with E-state index in [9.17, 15) is 4.79 Å². The zero-order valence-corrected chi connectivity index (χ0v) is 17.0. The van der Waals surface area contributed by atoms with Gasteiger partial charge in [-0.15, -0.1) is 0 Å². The van der Waals surface area contributed by atoms with Crippen molar-refractivity contribution in [2.24, 2.45) is 0 Å². The van der Waals surface area contributed by atoms with Gasteiger partial charge in [-0.2, -0.15) is 5.10 Å². The number of nitrogens with zero attached hydrogens (tertiary/aromatic N) is 2. The van der Waals surface area contributed by atoms with Gasteiger partial charge in [-0.25, -0.2) is 0 Å². The first-order valence-corrected chi connectivity index (χ1v) is 9.17. The molecule has 0 bridgehead atoms. The van der Waals surface area contributed by atoms with Crippen LogP contribution in [0.2, 0.25) is 0 Å². The van der Waals surface area contributed by atoms with Crippen LogP contribution in [0.5, 0.6) is 0 Å². The van der Waals surface area contributed by atoms with Crippen molar-refractivity contribution in [3.8, 4) is 0 Å². The van der Waals surface area contributed by atoms with Crippen molar-refractivity contribution in [1.29, 1.82) is 0 Å². The Morgan fingerprint density at radius 1 is 1.31 bits per heavy atom. The van der Waals surface area contributed by atoms with Crippen molar-refractivity contribution in [2.75, 3.05) is 13.1 Å². The highest BCUT2D eigenvalue weighted by Crippen LogP contribution is 2.36. The van der Waals surface area contributed by atoms with Crippen LogP contribution in [0.4, 0.5) is 0 Å². The second-order valence-electron chi connectivity index (χ2n) is 8.82. The molecule has 3 rings (SSSR count). The number of rotatable bonds is 3. The van der Waals surface area contributed by atoms with Gasteiger partial charge in [0, 0.05) is 24.4 Å². The predicted octanol–water partition coefficient (Wildman–Crippen LogP) is 1.67. The lowest BCUT2D eigenvalue weighted by atomic mass is 9.82. The standard InChI is InChI=1S/C13H22BN3O2.C5H10O2/c1-12(2)13(3,4)19-14(18-12)10-7-16-17(9-10)11-5-6-15-8-11;1-5(2,3)7-4-6/h7,9,11,15H,5-6,8H2,1-4H3;4H,1-3H3. The molecule has 0 aromatic carbocycles. The van der Waals surface area contributed by atoms with Crippen molar-refractivity contribution in [3.05, 3.63) is 12.4 Å². The van der Waals surface area contributed by atoms with Crippen LogP contribution in [0.1, 0.15) is 60.9 Å². The molecule has 146 valence electrons. The van der Waals surface area contributed by atoms with Crippen molar-refractivity contribution in [3.63, 3.8) is 0 Å². The zero-order valence-electron chi connectivity index (χ0n) is 17.0. The largest absolute Gasteiger partial charge is 0.498 e. The van der Waals surface area contributed by atoms with E-state index in [-0.39, 0.29) is 23.9 Å². The maximum Gasteiger partial charge on any atom is 0.498 e. The molecule has 0 aliphatic carbocycles. The van der Waals surface area contributed by atoms with E-state index in [4.69, 9.17) is 9.31 Å². The van der Waals surface area contributed by atoms with E-state index in [2.05, 4.69) is 49.0 Å². The van der Waals surface area contributed by atoms with E-state index in [0.29, 0.717) is 12.5 Å². The minimum Gasteiger partial charge on any atom is -0.462 e. The molecule has 1 aromatic heterocycles. The molecule has 0 saturated carbocycles. The summed E-state index contributed by atoms with van der Waals surface area (Å²) in [6.45, 7) is 16.2. The lowest BCUT2D eigenvalue weighted by Gasteiger charge is -2.32. The SMILES string of the molecule is CC(C)(C)OC=O.CC1(C)OB(c2cnn(C3CCNC3)c2)OC1(C)C. The number of carbonyl (C=O) groups excluding carboxylic acids is 1. The fourth-order valence-electron chi connectivity index (χ4n) is 2.66. The number of ether oxygens (including phenoxy) is 1. The van der Waals surface area contributed by atoms with Gasteiger partial charge in [-0.3, -0.25) is 9.48 Å². The predicted molar refractivity (Wildman–Crippen MR) is 101 cm³/mol. The summed E-state index contributed by atoms with van der Waals surface area (Å²) in [6, 6.07) is 0.455. The summed E-state index contributed by atoms with van der Waals surface area (Å²) in [4.78, 5) is 9.60. The van der Waals surface area contributed by atoms with Crippen LogP contribution < -0.4 is 10.8 Å². The van der Waals surface area contributed by atoms with Gasteiger partial charge in [0.2, 0.25) is 0 Å². The van der Waals surface area contributed by atoms with Crippen LogP contribution >= 0.6 is 0 Å². The monoisotopic (exact) mass is 365 g/mol. The van der Waals surface area contributed by atoms with Crippen LogP contribution in [0, 0.1) is 0 Å². The quantitative estimate of drug-likeness (QED) is 0.649. The Balaban J connectivity index is 0.000000298. The lowest BCUT2D eigenvalue weighted by molar-refractivity contribution is -0.138. The van der Waals surface area contributed by atoms with Crippen LogP contribution in [-0.2, 0) is 18.8 Å². The summed E-state index contributed by atoms with van der Waals surface area (Å²) in [5.74, 6) is 0. The molecule has 1 aromatic rings. The highest BCUT2D eigenvalue weighted by molar-refractivity contribution is 6.62. The molecule has 2 aliphatic rings. The first kappa shape index (κ1) is 20.9. The molecule has 26 heavy (non-hydrogen) atoms. The first-order valence-electron chi connectivity index (χ1n) is 9.17. The second-order valence-corrected chi connectivity index (χ2v) is 8.82. The molecule has 1 N–H and O–H groups in total. The van der Waals surface area contributed by atoms with E-state index in [1.54, 1.807) is 0 Å². The van der Waals surface area contributed by atoms with Gasteiger partial charge in [0.1, 0.15) is 5.60 Å². The summed E-state index contributed by atoms with van der Waals surface area (Å²) in [6.07, 6.45) is 5.05. The minimum atomic E-state index is -0.318. The Bertz CT molecular complexity index is 588. The lowest BCUT2D eigenvalue weighted by Crippen LogP contribution is -2.41. The number of hydrogen-bond donors (Lipinski definition) is 1. The third kappa shape index (κ3) is 5.08. The van der Waals surface area contributed by atoms with Crippen molar-refractivity contribution in [2.45, 2.75) is 77.7 Å². The van der Waals surface area contributed by atoms with E-state index in [1.165, 1.54) is 0 Å². The van der Waals surface area contributed by atoms with Gasteiger partial charge in [0.15, 0.2) is 0 Å². The molecule has 1 atom stereocenters. The summed E-state index contributed by atoms with van der Waals surface area (Å²) in [5, 5.41) is 7.81. The smallest absolute Gasteiger partial charge is 0.462 e. The molecular formula is C18H32BN3O4. The average Bonchev–Trinajstić information content (AvgIpc) is 3.19. The van der Waals surface area contributed by atoms with Crippen LogP contribution in [0.25, 0.3) is 0 Å². The third-order valence-electron chi connectivity index (χ3n) is 4.96.